The fourth-order valence-electron chi connectivity index (χ4n) is 4.44. The molecule has 0 bridgehead atoms. The number of nitrogens with zero attached hydrogens (tertiary/aromatic N) is 3. The predicted molar refractivity (Wildman–Crippen MR) is 133 cm³/mol. The largest absolute Gasteiger partial charge is 0.493 e. The molecule has 1 amide bonds. The maximum absolute atomic E-state index is 13.3. The normalized spacial score (nSPS) is 17.4. The number of carbonyl (C=O) groups excluding carboxylic acids is 1. The van der Waals surface area contributed by atoms with Gasteiger partial charge in [0.1, 0.15) is 0 Å². The predicted octanol–water partition coefficient (Wildman–Crippen LogP) is 5.55. The summed E-state index contributed by atoms with van der Waals surface area (Å²) in [6.07, 6.45) is 3.99. The molecule has 2 aliphatic rings. The highest BCUT2D eigenvalue weighted by molar-refractivity contribution is 6.30. The number of rotatable bonds is 9. The summed E-state index contributed by atoms with van der Waals surface area (Å²) >= 11 is 6.13. The lowest BCUT2D eigenvalue weighted by Crippen LogP contribution is -2.38. The van der Waals surface area contributed by atoms with Crippen LogP contribution in [-0.4, -0.2) is 47.0 Å². The molecule has 0 spiro atoms. The highest BCUT2D eigenvalue weighted by Gasteiger charge is 2.36. The lowest BCUT2D eigenvalue weighted by atomic mass is 10.1. The van der Waals surface area contributed by atoms with Crippen LogP contribution in [0.3, 0.4) is 0 Å². The summed E-state index contributed by atoms with van der Waals surface area (Å²) in [5.74, 6) is 2.04. The first-order valence-electron chi connectivity index (χ1n) is 12.1. The number of benzene rings is 2. The Morgan fingerprint density at radius 3 is 2.54 bits per heavy atom. The Bertz CT molecular complexity index is 1180. The number of hydrogen-bond acceptors (Lipinski definition) is 5. The third-order valence-electron chi connectivity index (χ3n) is 6.52. The zero-order valence-corrected chi connectivity index (χ0v) is 20.8. The number of amides is 1. The molecule has 35 heavy (non-hydrogen) atoms. The lowest BCUT2D eigenvalue weighted by Gasteiger charge is -2.26. The molecule has 1 atom stereocenters. The van der Waals surface area contributed by atoms with Gasteiger partial charge < -0.3 is 19.1 Å². The first-order chi connectivity index (χ1) is 17.0. The van der Waals surface area contributed by atoms with E-state index in [1.165, 1.54) is 0 Å². The van der Waals surface area contributed by atoms with Gasteiger partial charge in [0.25, 0.3) is 0 Å². The number of halogens is 1. The summed E-state index contributed by atoms with van der Waals surface area (Å²) in [5, 5.41) is 5.45. The fraction of sp³-hybridized carbons (Fsp3) is 0.407. The van der Waals surface area contributed by atoms with Crippen LogP contribution in [0.1, 0.15) is 36.9 Å². The molecule has 1 aromatic heterocycles. The number of methoxy groups -OCH3 is 1. The van der Waals surface area contributed by atoms with Gasteiger partial charge in [0.05, 0.1) is 36.7 Å². The zero-order chi connectivity index (χ0) is 24.4. The van der Waals surface area contributed by atoms with Gasteiger partial charge in [-0.25, -0.2) is 4.68 Å². The average Bonchev–Trinajstić information content (AvgIpc) is 3.52. The molecule has 1 saturated heterocycles. The van der Waals surface area contributed by atoms with Crippen LogP contribution in [0.4, 0.5) is 0 Å². The maximum Gasteiger partial charge on any atom is 0.228 e. The minimum Gasteiger partial charge on any atom is -0.493 e. The topological polar surface area (TPSA) is 65.8 Å². The van der Waals surface area contributed by atoms with Gasteiger partial charge >= 0.3 is 0 Å². The van der Waals surface area contributed by atoms with Crippen molar-refractivity contribution in [2.24, 2.45) is 5.92 Å². The first kappa shape index (κ1) is 23.7. The van der Waals surface area contributed by atoms with E-state index in [9.17, 15) is 4.79 Å². The molecule has 3 aromatic rings. The van der Waals surface area contributed by atoms with Gasteiger partial charge in [-0.15, -0.1) is 0 Å². The minimum absolute atomic E-state index is 0.0721. The standard InChI is InChI=1S/C27H30ClN3O4/c1-18-23(17-30(26(32)19-9-10-19)16-22-6-5-15-34-22)27(35-25-8-4-3-7-24(25)33-2)31(29-18)21-13-11-20(28)12-14-21/h3-4,7-8,11-14,19,22H,5-6,9-10,15-17H2,1-2H3/t22-/m0/s1. The summed E-state index contributed by atoms with van der Waals surface area (Å²) in [6, 6.07) is 14.9. The number of aromatic nitrogens is 2. The molecule has 1 saturated carbocycles. The summed E-state index contributed by atoms with van der Waals surface area (Å²) in [5.41, 5.74) is 2.47. The van der Waals surface area contributed by atoms with Crippen LogP contribution in [0.2, 0.25) is 5.02 Å². The van der Waals surface area contributed by atoms with Crippen molar-refractivity contribution in [3.63, 3.8) is 0 Å². The van der Waals surface area contributed by atoms with Crippen molar-refractivity contribution in [3.8, 4) is 23.1 Å². The molecule has 2 fully saturated rings. The van der Waals surface area contributed by atoms with Crippen molar-refractivity contribution in [1.82, 2.24) is 14.7 Å². The third kappa shape index (κ3) is 5.31. The zero-order valence-electron chi connectivity index (χ0n) is 20.1. The molecule has 0 N–H and O–H groups in total. The van der Waals surface area contributed by atoms with Crippen molar-refractivity contribution in [2.45, 2.75) is 45.3 Å². The van der Waals surface area contributed by atoms with E-state index < -0.39 is 0 Å². The third-order valence-corrected chi connectivity index (χ3v) is 6.77. The quantitative estimate of drug-likeness (QED) is 0.389. The maximum atomic E-state index is 13.3. The molecule has 1 aliphatic heterocycles. The SMILES string of the molecule is COc1ccccc1Oc1c(CN(C[C@@H]2CCCO2)C(=O)C2CC2)c(C)nn1-c1ccc(Cl)cc1. The Morgan fingerprint density at radius 1 is 1.14 bits per heavy atom. The molecular weight excluding hydrogens is 466 g/mol. The summed E-state index contributed by atoms with van der Waals surface area (Å²) in [7, 11) is 1.61. The second-order valence-corrected chi connectivity index (χ2v) is 9.57. The van der Waals surface area contributed by atoms with E-state index in [1.54, 1.807) is 11.8 Å². The molecule has 2 aromatic carbocycles. The molecule has 7 nitrogen and oxygen atoms in total. The van der Waals surface area contributed by atoms with Crippen LogP contribution in [0.25, 0.3) is 5.69 Å². The van der Waals surface area contributed by atoms with E-state index in [1.807, 2.05) is 60.4 Å². The molecular formula is C27H30ClN3O4. The Hall–Kier alpha value is -3.03. The molecule has 0 unspecified atom stereocenters. The summed E-state index contributed by atoms with van der Waals surface area (Å²) in [6.45, 7) is 3.68. The van der Waals surface area contributed by atoms with Gasteiger partial charge in [-0.2, -0.15) is 5.10 Å². The molecule has 8 heteroatoms. The van der Waals surface area contributed by atoms with E-state index in [-0.39, 0.29) is 17.9 Å². The minimum atomic E-state index is 0.0721. The van der Waals surface area contributed by atoms with Gasteiger partial charge in [-0.1, -0.05) is 23.7 Å². The lowest BCUT2D eigenvalue weighted by molar-refractivity contribution is -0.134. The van der Waals surface area contributed by atoms with Gasteiger partial charge in [-0.05, 0) is 69.0 Å². The fourth-order valence-corrected chi connectivity index (χ4v) is 4.56. The Morgan fingerprint density at radius 2 is 1.89 bits per heavy atom. The van der Waals surface area contributed by atoms with Crippen molar-refractivity contribution in [1.29, 1.82) is 0 Å². The van der Waals surface area contributed by atoms with Crippen LogP contribution in [0.15, 0.2) is 48.5 Å². The van der Waals surface area contributed by atoms with Crippen LogP contribution in [0, 0.1) is 12.8 Å². The van der Waals surface area contributed by atoms with Crippen molar-refractivity contribution >= 4 is 17.5 Å². The second kappa shape index (κ2) is 10.3. The Balaban J connectivity index is 1.54. The van der Waals surface area contributed by atoms with Gasteiger partial charge in [0, 0.05) is 24.1 Å². The van der Waals surface area contributed by atoms with Gasteiger partial charge in [0.2, 0.25) is 11.8 Å². The van der Waals surface area contributed by atoms with E-state index in [4.69, 9.17) is 30.9 Å². The molecule has 184 valence electrons. The van der Waals surface area contributed by atoms with Crippen LogP contribution >= 0.6 is 11.6 Å². The van der Waals surface area contributed by atoms with Crippen LogP contribution in [0.5, 0.6) is 17.4 Å². The Kier molecular flexibility index (Phi) is 6.97. The van der Waals surface area contributed by atoms with E-state index in [0.29, 0.717) is 35.5 Å². The Labute approximate surface area is 210 Å². The van der Waals surface area contributed by atoms with Gasteiger partial charge in [0.15, 0.2) is 11.5 Å². The van der Waals surface area contributed by atoms with E-state index in [0.717, 1.165) is 49.2 Å². The highest BCUT2D eigenvalue weighted by atomic mass is 35.5. The van der Waals surface area contributed by atoms with Crippen molar-refractivity contribution in [3.05, 3.63) is 64.8 Å². The summed E-state index contributed by atoms with van der Waals surface area (Å²) < 4.78 is 19.6. The second-order valence-electron chi connectivity index (χ2n) is 9.14. The molecule has 2 heterocycles. The number of para-hydroxylation sites is 2. The highest BCUT2D eigenvalue weighted by Crippen LogP contribution is 2.37. The van der Waals surface area contributed by atoms with Crippen molar-refractivity contribution < 1.29 is 19.0 Å². The molecule has 5 rings (SSSR count). The van der Waals surface area contributed by atoms with Crippen molar-refractivity contribution in [2.75, 3.05) is 20.3 Å². The smallest absolute Gasteiger partial charge is 0.228 e. The van der Waals surface area contributed by atoms with Crippen LogP contribution in [-0.2, 0) is 16.1 Å². The molecule has 1 aliphatic carbocycles. The number of aryl methyl sites for hydroxylation is 1. The average molecular weight is 496 g/mol. The first-order valence-corrected chi connectivity index (χ1v) is 12.5. The monoisotopic (exact) mass is 495 g/mol. The van der Waals surface area contributed by atoms with E-state index >= 15 is 0 Å². The van der Waals surface area contributed by atoms with Gasteiger partial charge in [-0.3, -0.25) is 4.79 Å². The summed E-state index contributed by atoms with van der Waals surface area (Å²) in [4.78, 5) is 15.2. The number of carbonyl (C=O) groups is 1. The van der Waals surface area contributed by atoms with Crippen LogP contribution < -0.4 is 9.47 Å². The number of hydrogen-bond donors (Lipinski definition) is 0. The number of ether oxygens (including phenoxy) is 3. The van der Waals surface area contributed by atoms with E-state index in [2.05, 4.69) is 0 Å². The molecule has 0 radical (unpaired) electrons.